The predicted molar refractivity (Wildman–Crippen MR) is 108 cm³/mol. The van der Waals surface area contributed by atoms with Gasteiger partial charge in [-0.25, -0.2) is 0 Å². The molecule has 0 atom stereocenters. The Morgan fingerprint density at radius 2 is 0.957 bits per heavy atom. The second kappa shape index (κ2) is 22.1. The van der Waals surface area contributed by atoms with E-state index in [1.807, 2.05) is 0 Å². The van der Waals surface area contributed by atoms with Gasteiger partial charge in [-0.1, -0.05) is 44.1 Å². The van der Waals surface area contributed by atoms with Crippen molar-refractivity contribution in [1.29, 1.82) is 0 Å². The van der Waals surface area contributed by atoms with Crippen molar-refractivity contribution >= 4 is 17.7 Å². The van der Waals surface area contributed by atoms with Crippen LogP contribution in [0.15, 0.2) is 24.3 Å². The monoisotopic (exact) mass is 312 g/mol. The molecule has 0 radical (unpaired) electrons. The summed E-state index contributed by atoms with van der Waals surface area (Å²) in [7, 11) is 0. The minimum atomic E-state index is 1.13. The van der Waals surface area contributed by atoms with E-state index in [-0.39, 0.29) is 0 Å². The first-order valence-corrected chi connectivity index (χ1v) is 10.7. The van der Waals surface area contributed by atoms with E-state index in [9.17, 15) is 0 Å². The van der Waals surface area contributed by atoms with E-state index in [4.69, 9.17) is 0 Å². The molecule has 0 aliphatic heterocycles. The van der Waals surface area contributed by atoms with Gasteiger partial charge in [-0.3, -0.25) is 0 Å². The number of allylic oxidation sites excluding steroid dienone is 4. The number of hydrogen-bond donors (Lipinski definition) is 0. The quantitative estimate of drug-likeness (QED) is 0.137. The zero-order chi connectivity index (χ0) is 16.8. The third kappa shape index (κ3) is 22.1. The van der Waals surface area contributed by atoms with Gasteiger partial charge < -0.3 is 0 Å². The van der Waals surface area contributed by atoms with Crippen LogP contribution in [0.25, 0.3) is 0 Å². The summed E-state index contributed by atoms with van der Waals surface area (Å²) in [5.74, 6) is 0. The maximum atomic E-state index is 2.38. The molecule has 130 valence electrons. The van der Waals surface area contributed by atoms with E-state index < -0.39 is 0 Å². The third-order valence-corrected chi connectivity index (χ3v) is 4.55. The Kier molecular flexibility index (Phi) is 22.2. The van der Waals surface area contributed by atoms with Crippen LogP contribution < -0.4 is 0 Å². The average molecular weight is 313 g/mol. The van der Waals surface area contributed by atoms with Gasteiger partial charge in [0.05, 0.1) is 0 Å². The average Bonchev–Trinajstić information content (AvgIpc) is 2.57. The Morgan fingerprint density at radius 3 is 1.43 bits per heavy atom. The Labute approximate surface area is 156 Å². The number of unbranched alkanes of at least 4 members (excludes halogenated alkanes) is 13. The van der Waals surface area contributed by atoms with Gasteiger partial charge in [0.15, 0.2) is 0 Å². The van der Waals surface area contributed by atoms with Crippen molar-refractivity contribution in [1.82, 2.24) is 0 Å². The van der Waals surface area contributed by atoms with Gasteiger partial charge in [0.1, 0.15) is 0 Å². The predicted octanol–water partition coefficient (Wildman–Crippen LogP) is 7.95. The topological polar surface area (TPSA) is 0 Å². The van der Waals surface area contributed by atoms with Crippen molar-refractivity contribution in [3.8, 4) is 0 Å². The fourth-order valence-electron chi connectivity index (χ4n) is 2.95. The minimum absolute atomic E-state index is 1.13. The van der Waals surface area contributed by atoms with Crippen LogP contribution in [0.1, 0.15) is 110 Å². The SMILES string of the molecule is [Li][CH2]CCCCCCCCCCC/C=C\C/C=C\CCCCC. The molecule has 0 nitrogen and oxygen atoms in total. The van der Waals surface area contributed by atoms with Crippen LogP contribution in [0.5, 0.6) is 0 Å². The van der Waals surface area contributed by atoms with E-state index in [0.29, 0.717) is 0 Å². The molecule has 1 heteroatoms. The van der Waals surface area contributed by atoms with Gasteiger partial charge in [0.2, 0.25) is 0 Å². The van der Waals surface area contributed by atoms with Crippen molar-refractivity contribution in [2.45, 2.75) is 115 Å². The molecule has 0 aromatic heterocycles. The molecular weight excluding hydrogens is 271 g/mol. The Hall–Kier alpha value is 0.0774. The van der Waals surface area contributed by atoms with Crippen molar-refractivity contribution < 1.29 is 0 Å². The summed E-state index contributed by atoms with van der Waals surface area (Å²) in [4.78, 5) is 0. The Bertz CT molecular complexity index is 255. The number of rotatable bonds is 18. The van der Waals surface area contributed by atoms with E-state index >= 15 is 0 Å². The smallest absolute Gasteiger partial charge is 0.0882 e. The molecule has 0 saturated heterocycles. The molecule has 0 saturated carbocycles. The van der Waals surface area contributed by atoms with Crippen LogP contribution in [-0.2, 0) is 0 Å². The van der Waals surface area contributed by atoms with Gasteiger partial charge in [-0.15, -0.1) is 0 Å². The maximum absolute atomic E-state index is 2.38. The van der Waals surface area contributed by atoms with Gasteiger partial charge in [0, 0.05) is 0 Å². The van der Waals surface area contributed by atoms with E-state index in [1.54, 1.807) is 0 Å². The third-order valence-electron chi connectivity index (χ3n) is 4.55. The van der Waals surface area contributed by atoms with Crippen LogP contribution in [0.2, 0.25) is 5.09 Å². The molecule has 0 unspecified atom stereocenters. The molecule has 0 aromatic rings. The standard InChI is InChI=1S/C22H41.Li/c1-3-5-7-9-11-13-15-17-19-21-22-20-18-16-14-12-10-8-6-4-2;/h12,14,18,20H,1,3-11,13,15-17,19,21-22H2,2H3;/b14-12-,20-18-;. The first kappa shape index (κ1) is 23.1. The zero-order valence-electron chi connectivity index (χ0n) is 16.3. The van der Waals surface area contributed by atoms with Crippen molar-refractivity contribution in [3.05, 3.63) is 24.3 Å². The van der Waals surface area contributed by atoms with Crippen LogP contribution in [-0.4, -0.2) is 17.7 Å². The van der Waals surface area contributed by atoms with E-state index in [1.165, 1.54) is 101 Å². The molecule has 0 bridgehead atoms. The summed E-state index contributed by atoms with van der Waals surface area (Å²) in [6.45, 7) is 2.26. The molecule has 0 N–H and O–H groups in total. The summed E-state index contributed by atoms with van der Waals surface area (Å²) in [6.07, 6.45) is 31.6. The van der Waals surface area contributed by atoms with Crippen LogP contribution >= 0.6 is 0 Å². The normalized spacial score (nSPS) is 12.0. The van der Waals surface area contributed by atoms with Gasteiger partial charge in [-0.05, 0) is 19.3 Å². The van der Waals surface area contributed by atoms with Crippen LogP contribution in [0.4, 0.5) is 0 Å². The summed E-state index contributed by atoms with van der Waals surface area (Å²) in [6, 6.07) is 0. The number of hydrogen-bond acceptors (Lipinski definition) is 0. The Morgan fingerprint density at radius 1 is 0.522 bits per heavy atom. The van der Waals surface area contributed by atoms with E-state index in [0.717, 1.165) is 6.42 Å². The van der Waals surface area contributed by atoms with Crippen molar-refractivity contribution in [3.63, 3.8) is 0 Å². The molecule has 0 aliphatic carbocycles. The summed E-state index contributed by atoms with van der Waals surface area (Å²) in [5, 5.41) is 1.36. The first-order valence-electron chi connectivity index (χ1n) is 10.7. The minimum Gasteiger partial charge on any atom is -0.0882 e. The summed E-state index contributed by atoms with van der Waals surface area (Å²) < 4.78 is 0. The molecule has 0 amide bonds. The molecule has 0 rings (SSSR count). The molecular formula is C22H41Li. The molecule has 0 fully saturated rings. The summed E-state index contributed by atoms with van der Waals surface area (Å²) in [5.41, 5.74) is 0. The van der Waals surface area contributed by atoms with Gasteiger partial charge >= 0.3 is 93.4 Å². The second-order valence-corrected chi connectivity index (χ2v) is 7.00. The van der Waals surface area contributed by atoms with Crippen LogP contribution in [0, 0.1) is 0 Å². The van der Waals surface area contributed by atoms with Crippen molar-refractivity contribution in [2.75, 3.05) is 0 Å². The van der Waals surface area contributed by atoms with Crippen molar-refractivity contribution in [2.24, 2.45) is 0 Å². The first-order chi connectivity index (χ1) is 11.4. The molecule has 0 aliphatic rings. The zero-order valence-corrected chi connectivity index (χ0v) is 16.3. The molecule has 0 heterocycles. The second-order valence-electron chi connectivity index (χ2n) is 7.00. The van der Waals surface area contributed by atoms with Gasteiger partial charge in [0.25, 0.3) is 0 Å². The molecule has 0 spiro atoms. The molecule has 0 aromatic carbocycles. The summed E-state index contributed by atoms with van der Waals surface area (Å²) >= 11 is 2.29. The van der Waals surface area contributed by atoms with Crippen LogP contribution in [0.3, 0.4) is 0 Å². The fraction of sp³-hybridized carbons (Fsp3) is 0.818. The van der Waals surface area contributed by atoms with E-state index in [2.05, 4.69) is 48.9 Å². The fourth-order valence-corrected chi connectivity index (χ4v) is 2.95. The Balaban J connectivity index is 3.10. The molecule has 23 heavy (non-hydrogen) atoms. The van der Waals surface area contributed by atoms with Gasteiger partial charge in [-0.2, -0.15) is 0 Å².